The monoisotopic (exact) mass is 244 g/mol. The normalized spacial score (nSPS) is 21.6. The highest BCUT2D eigenvalue weighted by Crippen LogP contribution is 2.14. The molecule has 1 aliphatic rings. The molecule has 2 N–H and O–H groups in total. The number of nitrogens with zero attached hydrogens (tertiary/aromatic N) is 3. The molecule has 4 heteroatoms. The summed E-state index contributed by atoms with van der Waals surface area (Å²) in [5, 5.41) is 0. The molecule has 0 aliphatic carbocycles. The van der Waals surface area contributed by atoms with Crippen molar-refractivity contribution in [2.45, 2.75) is 32.4 Å². The number of hydrogen-bond donors (Lipinski definition) is 1. The zero-order valence-electron chi connectivity index (χ0n) is 10.8. The predicted octanol–water partition coefficient (Wildman–Crippen LogP) is 1.57. The summed E-state index contributed by atoms with van der Waals surface area (Å²) < 4.78 is 2.11. The lowest BCUT2D eigenvalue weighted by Crippen LogP contribution is -2.42. The molecule has 1 aliphatic heterocycles. The van der Waals surface area contributed by atoms with Gasteiger partial charge >= 0.3 is 0 Å². The third-order valence-electron chi connectivity index (χ3n) is 3.66. The fraction of sp³-hybridized carbons (Fsp3) is 0.500. The second-order valence-corrected chi connectivity index (χ2v) is 5.29. The molecule has 1 fully saturated rings. The minimum atomic E-state index is 0.331. The van der Waals surface area contributed by atoms with E-state index in [1.54, 1.807) is 0 Å². The molecule has 4 nitrogen and oxygen atoms in total. The summed E-state index contributed by atoms with van der Waals surface area (Å²) in [6, 6.07) is 4.49. The van der Waals surface area contributed by atoms with E-state index in [9.17, 15) is 0 Å². The summed E-state index contributed by atoms with van der Waals surface area (Å²) in [7, 11) is 0. The summed E-state index contributed by atoms with van der Waals surface area (Å²) in [6.07, 6.45) is 6.54. The lowest BCUT2D eigenvalue weighted by atomic mass is 10.1. The zero-order chi connectivity index (χ0) is 12.5. The first-order valence-electron chi connectivity index (χ1n) is 6.63. The first-order valence-corrected chi connectivity index (χ1v) is 6.63. The number of nitrogens with two attached hydrogens (primary N) is 1. The average Bonchev–Trinajstić information content (AvgIpc) is 2.73. The standard InChI is InChI=1S/C14H20N4/c1-11-4-2-7-18-10-13(16-14(11)18)9-17-6-3-5-12(15)8-17/h2,4,7,10,12H,3,5-6,8-9,15H2,1H3. The van der Waals surface area contributed by atoms with Crippen LogP contribution in [-0.4, -0.2) is 33.4 Å². The smallest absolute Gasteiger partial charge is 0.139 e. The molecule has 0 bridgehead atoms. The second kappa shape index (κ2) is 4.71. The Morgan fingerprint density at radius 2 is 2.39 bits per heavy atom. The van der Waals surface area contributed by atoms with Crippen molar-refractivity contribution < 1.29 is 0 Å². The van der Waals surface area contributed by atoms with Crippen molar-refractivity contribution in [1.29, 1.82) is 0 Å². The van der Waals surface area contributed by atoms with Gasteiger partial charge in [0.15, 0.2) is 0 Å². The topological polar surface area (TPSA) is 46.6 Å². The van der Waals surface area contributed by atoms with E-state index in [0.717, 1.165) is 37.4 Å². The van der Waals surface area contributed by atoms with Crippen LogP contribution in [0.15, 0.2) is 24.5 Å². The number of aryl methyl sites for hydroxylation is 1. The Kier molecular flexibility index (Phi) is 3.06. The molecule has 3 rings (SSSR count). The number of aromatic nitrogens is 2. The minimum Gasteiger partial charge on any atom is -0.327 e. The van der Waals surface area contributed by atoms with Gasteiger partial charge in [0.25, 0.3) is 0 Å². The van der Waals surface area contributed by atoms with E-state index in [1.165, 1.54) is 12.0 Å². The van der Waals surface area contributed by atoms with Gasteiger partial charge in [-0.1, -0.05) is 6.07 Å². The van der Waals surface area contributed by atoms with Crippen molar-refractivity contribution in [1.82, 2.24) is 14.3 Å². The number of fused-ring (bicyclic) bond motifs is 1. The van der Waals surface area contributed by atoms with E-state index in [1.807, 2.05) is 0 Å². The van der Waals surface area contributed by atoms with Gasteiger partial charge in [-0.2, -0.15) is 0 Å². The molecule has 2 aromatic heterocycles. The zero-order valence-corrected chi connectivity index (χ0v) is 10.8. The van der Waals surface area contributed by atoms with Gasteiger partial charge in [0.2, 0.25) is 0 Å². The molecule has 18 heavy (non-hydrogen) atoms. The summed E-state index contributed by atoms with van der Waals surface area (Å²) in [5.41, 5.74) is 9.43. The summed E-state index contributed by atoms with van der Waals surface area (Å²) in [6.45, 7) is 5.14. The van der Waals surface area contributed by atoms with Crippen LogP contribution in [-0.2, 0) is 6.54 Å². The first kappa shape index (κ1) is 11.7. The maximum Gasteiger partial charge on any atom is 0.139 e. The Balaban J connectivity index is 1.80. The Morgan fingerprint density at radius 1 is 1.50 bits per heavy atom. The molecule has 0 radical (unpaired) electrons. The lowest BCUT2D eigenvalue weighted by molar-refractivity contribution is 0.200. The van der Waals surface area contributed by atoms with E-state index in [0.29, 0.717) is 6.04 Å². The van der Waals surface area contributed by atoms with Crippen LogP contribution < -0.4 is 5.73 Å². The number of pyridine rings is 1. The highest BCUT2D eigenvalue weighted by Gasteiger charge is 2.17. The van der Waals surface area contributed by atoms with Crippen LogP contribution in [0, 0.1) is 6.92 Å². The molecule has 0 aromatic carbocycles. The van der Waals surface area contributed by atoms with Crippen molar-refractivity contribution >= 4 is 5.65 Å². The SMILES string of the molecule is Cc1cccn2cc(CN3CCCC(N)C3)nc12. The molecule has 1 unspecified atom stereocenters. The number of hydrogen-bond acceptors (Lipinski definition) is 3. The van der Waals surface area contributed by atoms with E-state index in [4.69, 9.17) is 10.7 Å². The Labute approximate surface area is 107 Å². The maximum atomic E-state index is 6.01. The van der Waals surface area contributed by atoms with Crippen LogP contribution >= 0.6 is 0 Å². The van der Waals surface area contributed by atoms with Gasteiger partial charge in [-0.3, -0.25) is 4.90 Å². The molecule has 0 amide bonds. The fourth-order valence-electron chi connectivity index (χ4n) is 2.74. The number of rotatable bonds is 2. The molecule has 2 aromatic rings. The van der Waals surface area contributed by atoms with Gasteiger partial charge in [-0.05, 0) is 37.9 Å². The van der Waals surface area contributed by atoms with Gasteiger partial charge in [0.1, 0.15) is 5.65 Å². The van der Waals surface area contributed by atoms with E-state index in [-0.39, 0.29) is 0 Å². The van der Waals surface area contributed by atoms with Crippen LogP contribution in [0.2, 0.25) is 0 Å². The lowest BCUT2D eigenvalue weighted by Gasteiger charge is -2.29. The summed E-state index contributed by atoms with van der Waals surface area (Å²) >= 11 is 0. The Morgan fingerprint density at radius 3 is 3.17 bits per heavy atom. The van der Waals surface area contributed by atoms with Gasteiger partial charge in [-0.15, -0.1) is 0 Å². The Hall–Kier alpha value is -1.39. The van der Waals surface area contributed by atoms with Crippen molar-refractivity contribution in [3.8, 4) is 0 Å². The highest BCUT2D eigenvalue weighted by molar-refractivity contribution is 5.47. The number of piperidine rings is 1. The highest BCUT2D eigenvalue weighted by atomic mass is 15.2. The van der Waals surface area contributed by atoms with Crippen LogP contribution in [0.4, 0.5) is 0 Å². The van der Waals surface area contributed by atoms with Gasteiger partial charge in [0, 0.05) is 31.5 Å². The summed E-state index contributed by atoms with van der Waals surface area (Å²) in [4.78, 5) is 7.12. The van der Waals surface area contributed by atoms with Gasteiger partial charge in [0.05, 0.1) is 5.69 Å². The van der Waals surface area contributed by atoms with E-state index in [2.05, 4.69) is 40.8 Å². The third kappa shape index (κ3) is 2.26. The Bertz CT molecular complexity index is 546. The molecule has 1 atom stereocenters. The molecular weight excluding hydrogens is 224 g/mol. The third-order valence-corrected chi connectivity index (χ3v) is 3.66. The van der Waals surface area contributed by atoms with Crippen molar-refractivity contribution in [3.63, 3.8) is 0 Å². The van der Waals surface area contributed by atoms with Crippen molar-refractivity contribution in [2.24, 2.45) is 5.73 Å². The van der Waals surface area contributed by atoms with Crippen molar-refractivity contribution in [2.75, 3.05) is 13.1 Å². The summed E-state index contributed by atoms with van der Waals surface area (Å²) in [5.74, 6) is 0. The molecule has 0 saturated carbocycles. The average molecular weight is 244 g/mol. The van der Waals surface area contributed by atoms with Gasteiger partial charge in [-0.25, -0.2) is 4.98 Å². The van der Waals surface area contributed by atoms with E-state index < -0.39 is 0 Å². The number of imidazole rings is 1. The van der Waals surface area contributed by atoms with Crippen LogP contribution in [0.25, 0.3) is 5.65 Å². The van der Waals surface area contributed by atoms with Crippen LogP contribution in [0.5, 0.6) is 0 Å². The van der Waals surface area contributed by atoms with Crippen molar-refractivity contribution in [3.05, 3.63) is 35.8 Å². The molecular formula is C14H20N4. The molecule has 3 heterocycles. The van der Waals surface area contributed by atoms with Gasteiger partial charge < -0.3 is 10.1 Å². The largest absolute Gasteiger partial charge is 0.327 e. The maximum absolute atomic E-state index is 6.01. The first-order chi connectivity index (χ1) is 8.72. The molecule has 96 valence electrons. The minimum absolute atomic E-state index is 0.331. The van der Waals surface area contributed by atoms with Crippen LogP contribution in [0.3, 0.4) is 0 Å². The fourth-order valence-corrected chi connectivity index (χ4v) is 2.74. The number of likely N-dealkylation sites (tertiary alicyclic amines) is 1. The predicted molar refractivity (Wildman–Crippen MR) is 72.4 cm³/mol. The molecule has 0 spiro atoms. The quantitative estimate of drug-likeness (QED) is 0.872. The van der Waals surface area contributed by atoms with Crippen LogP contribution in [0.1, 0.15) is 24.1 Å². The van der Waals surface area contributed by atoms with E-state index >= 15 is 0 Å². The molecule has 1 saturated heterocycles. The second-order valence-electron chi connectivity index (χ2n) is 5.29.